The van der Waals surface area contributed by atoms with E-state index in [0.29, 0.717) is 0 Å². The number of nitrogens with zero attached hydrogens (tertiary/aromatic N) is 3. The van der Waals surface area contributed by atoms with Crippen molar-refractivity contribution in [2.45, 2.75) is 25.4 Å². The van der Waals surface area contributed by atoms with Gasteiger partial charge in [0.25, 0.3) is 5.56 Å². The molecule has 6 atom stereocenters. The molecule has 140 valence electrons. The summed E-state index contributed by atoms with van der Waals surface area (Å²) in [7, 11) is -3.70. The van der Waals surface area contributed by atoms with Gasteiger partial charge < -0.3 is 10.5 Å². The van der Waals surface area contributed by atoms with Crippen molar-refractivity contribution >= 4 is 33.2 Å². The standard InChI is InChI=1S/C13H18N5O6P2/c1-6-7(4-22-25(2)20)23-12(9(6)24-26(3)21)18-5-15-8-10(18)16-13(14)17-11(8)19/h5-7,9,12H,4H2,1-3H3,(H2-,14,16,17,19)/q+1/p+1/t6?,7-,9?,12-/m1/s1. The van der Waals surface area contributed by atoms with Crippen molar-refractivity contribution in [1.29, 1.82) is 0 Å². The van der Waals surface area contributed by atoms with E-state index in [9.17, 15) is 13.9 Å². The number of ether oxygens (including phenoxy) is 1. The first-order valence-electron chi connectivity index (χ1n) is 7.77. The van der Waals surface area contributed by atoms with Crippen molar-refractivity contribution in [1.82, 2.24) is 19.5 Å². The molecule has 0 bridgehead atoms. The minimum absolute atomic E-state index is 0.0582. The molecule has 0 aliphatic carbocycles. The number of nitrogens with two attached hydrogens (primary N) is 1. The van der Waals surface area contributed by atoms with Gasteiger partial charge >= 0.3 is 16.1 Å². The maximum Gasteiger partial charge on any atom is 0.505 e. The summed E-state index contributed by atoms with van der Waals surface area (Å²) in [5, 5.41) is 0. The van der Waals surface area contributed by atoms with Crippen LogP contribution in [-0.4, -0.2) is 51.7 Å². The summed E-state index contributed by atoms with van der Waals surface area (Å²) in [5.41, 5.74) is 5.48. The van der Waals surface area contributed by atoms with Gasteiger partial charge in [0.15, 0.2) is 36.8 Å². The molecule has 0 radical (unpaired) electrons. The number of imidazole rings is 1. The minimum atomic E-state index is -1.91. The Morgan fingerprint density at radius 1 is 1.38 bits per heavy atom. The molecule has 0 saturated carbocycles. The second-order valence-corrected chi connectivity index (χ2v) is 8.17. The van der Waals surface area contributed by atoms with E-state index in [-0.39, 0.29) is 29.6 Å². The van der Waals surface area contributed by atoms with Crippen LogP contribution >= 0.6 is 16.1 Å². The van der Waals surface area contributed by atoms with Gasteiger partial charge in [-0.1, -0.05) is 6.92 Å². The molecule has 3 N–H and O–H groups in total. The molecule has 2 aromatic heterocycles. The molecule has 4 unspecified atom stereocenters. The lowest BCUT2D eigenvalue weighted by Gasteiger charge is -2.17. The Kier molecular flexibility index (Phi) is 5.45. The van der Waals surface area contributed by atoms with Crippen LogP contribution in [-0.2, 0) is 22.9 Å². The highest BCUT2D eigenvalue weighted by atomic mass is 31.1. The lowest BCUT2D eigenvalue weighted by Crippen LogP contribution is -2.27. The van der Waals surface area contributed by atoms with Crippen LogP contribution in [0.3, 0.4) is 0 Å². The molecule has 0 aromatic carbocycles. The van der Waals surface area contributed by atoms with Crippen molar-refractivity contribution < 1.29 is 22.9 Å². The molecule has 3 heterocycles. The first-order chi connectivity index (χ1) is 12.3. The maximum atomic E-state index is 12.0. The third-order valence-corrected chi connectivity index (χ3v) is 5.17. The number of hydrogen-bond acceptors (Lipinski definition) is 9. The Morgan fingerprint density at radius 2 is 2.12 bits per heavy atom. The van der Waals surface area contributed by atoms with Crippen LogP contribution in [0, 0.1) is 5.92 Å². The lowest BCUT2D eigenvalue weighted by molar-refractivity contribution is -0.0393. The van der Waals surface area contributed by atoms with Crippen LogP contribution in [0.4, 0.5) is 5.95 Å². The molecule has 1 saturated heterocycles. The highest BCUT2D eigenvalue weighted by Gasteiger charge is 2.48. The highest BCUT2D eigenvalue weighted by Crippen LogP contribution is 2.41. The average Bonchev–Trinajstić information content (AvgIpc) is 3.08. The van der Waals surface area contributed by atoms with Crippen LogP contribution < -0.4 is 11.3 Å². The summed E-state index contributed by atoms with van der Waals surface area (Å²) in [6, 6.07) is 0. The summed E-state index contributed by atoms with van der Waals surface area (Å²) >= 11 is 0. The third kappa shape index (κ3) is 3.67. The van der Waals surface area contributed by atoms with E-state index in [4.69, 9.17) is 19.5 Å². The Balaban J connectivity index is 1.99. The van der Waals surface area contributed by atoms with E-state index >= 15 is 0 Å². The van der Waals surface area contributed by atoms with Crippen molar-refractivity contribution in [3.63, 3.8) is 0 Å². The molecule has 26 heavy (non-hydrogen) atoms. The Hall–Kier alpha value is -1.77. The Labute approximate surface area is 150 Å². The molecule has 2 aromatic rings. The fraction of sp³-hybridized carbons (Fsp3) is 0.615. The molecule has 11 nitrogen and oxygen atoms in total. The van der Waals surface area contributed by atoms with Crippen molar-refractivity contribution in [3.05, 3.63) is 16.7 Å². The van der Waals surface area contributed by atoms with Gasteiger partial charge in [0.2, 0.25) is 5.95 Å². The quantitative estimate of drug-likeness (QED) is 0.681. The molecule has 0 spiro atoms. The van der Waals surface area contributed by atoms with Gasteiger partial charge in [-0.2, -0.15) is 4.98 Å². The van der Waals surface area contributed by atoms with E-state index in [1.165, 1.54) is 24.2 Å². The predicted molar refractivity (Wildman–Crippen MR) is 93.5 cm³/mol. The van der Waals surface area contributed by atoms with Gasteiger partial charge in [-0.05, 0) is 9.13 Å². The van der Waals surface area contributed by atoms with E-state index in [0.717, 1.165) is 0 Å². The van der Waals surface area contributed by atoms with Crippen LogP contribution in [0.1, 0.15) is 13.2 Å². The van der Waals surface area contributed by atoms with Gasteiger partial charge in [0, 0.05) is 5.92 Å². The first kappa shape index (κ1) is 19.0. The lowest BCUT2D eigenvalue weighted by atomic mass is 10.0. The summed E-state index contributed by atoms with van der Waals surface area (Å²) in [6.07, 6.45) is -0.403. The molecule has 1 aliphatic heterocycles. The smallest absolute Gasteiger partial charge is 0.369 e. The van der Waals surface area contributed by atoms with Crippen LogP contribution in [0.2, 0.25) is 0 Å². The van der Waals surface area contributed by atoms with Crippen LogP contribution in [0.5, 0.6) is 0 Å². The summed E-state index contributed by atoms with van der Waals surface area (Å²) < 4.78 is 41.2. The van der Waals surface area contributed by atoms with Gasteiger partial charge in [-0.15, -0.1) is 9.05 Å². The van der Waals surface area contributed by atoms with Gasteiger partial charge in [-0.25, -0.2) is 4.98 Å². The largest absolute Gasteiger partial charge is 0.505 e. The van der Waals surface area contributed by atoms with E-state index < -0.39 is 40.1 Å². The number of hydrogen-bond donors (Lipinski definition) is 2. The SMILES string of the molecule is CC1C(O[P+](C)=O)[C@H](n2cnc3c(=O)[nH]c(N)nc32)O[C@@H]1CO[P+](C)=O. The minimum Gasteiger partial charge on any atom is -0.369 e. The summed E-state index contributed by atoms with van der Waals surface area (Å²) in [5.74, 6) is -0.275. The molecule has 13 heteroatoms. The second kappa shape index (κ2) is 7.46. The van der Waals surface area contributed by atoms with E-state index in [1.54, 1.807) is 0 Å². The Bertz CT molecular complexity index is 914. The first-order valence-corrected chi connectivity index (χ1v) is 11.0. The second-order valence-electron chi connectivity index (χ2n) is 5.94. The number of anilines is 1. The Morgan fingerprint density at radius 3 is 2.77 bits per heavy atom. The summed E-state index contributed by atoms with van der Waals surface area (Å²) in [6.45, 7) is 4.84. The topological polar surface area (TPSA) is 151 Å². The predicted octanol–water partition coefficient (Wildman–Crippen LogP) is 1.38. The zero-order valence-electron chi connectivity index (χ0n) is 14.4. The van der Waals surface area contributed by atoms with Gasteiger partial charge in [0.1, 0.15) is 6.61 Å². The number of nitrogens with one attached hydrogen (secondary N) is 1. The molecular formula is C13H19N5O6P2+2. The molecule has 1 fully saturated rings. The maximum absolute atomic E-state index is 12.0. The summed E-state index contributed by atoms with van der Waals surface area (Å²) in [4.78, 5) is 22.5. The van der Waals surface area contributed by atoms with Crippen molar-refractivity contribution in [3.8, 4) is 0 Å². The number of H-pyrrole nitrogens is 1. The molecular weight excluding hydrogens is 384 g/mol. The number of nitrogen functional groups attached to an aromatic ring is 1. The number of aromatic amines is 1. The van der Waals surface area contributed by atoms with Gasteiger partial charge in [-0.3, -0.25) is 14.3 Å². The highest BCUT2D eigenvalue weighted by molar-refractivity contribution is 7.38. The zero-order chi connectivity index (χ0) is 19.0. The number of fused-ring (bicyclic) bond motifs is 1. The fourth-order valence-electron chi connectivity index (χ4n) is 2.89. The molecule has 0 amide bonds. The third-order valence-electron chi connectivity index (χ3n) is 4.12. The monoisotopic (exact) mass is 403 g/mol. The van der Waals surface area contributed by atoms with E-state index in [1.807, 2.05) is 6.92 Å². The average molecular weight is 403 g/mol. The van der Waals surface area contributed by atoms with Crippen molar-refractivity contribution in [2.24, 2.45) is 5.92 Å². The number of aromatic nitrogens is 4. The zero-order valence-corrected chi connectivity index (χ0v) is 16.1. The van der Waals surface area contributed by atoms with E-state index in [2.05, 4.69) is 15.0 Å². The molecule has 1 aliphatic rings. The van der Waals surface area contributed by atoms with Crippen LogP contribution in [0.15, 0.2) is 11.1 Å². The van der Waals surface area contributed by atoms with Crippen LogP contribution in [0.25, 0.3) is 11.2 Å². The fourth-order valence-corrected chi connectivity index (χ4v) is 3.89. The van der Waals surface area contributed by atoms with Crippen molar-refractivity contribution in [2.75, 3.05) is 25.7 Å². The van der Waals surface area contributed by atoms with Gasteiger partial charge in [0.05, 0.1) is 12.4 Å². The number of rotatable bonds is 6. The normalized spacial score (nSPS) is 27.0. The molecule has 3 rings (SSSR count).